The number of anilines is 1. The second-order valence-electron chi connectivity index (χ2n) is 6.60. The van der Waals surface area contributed by atoms with Crippen LogP contribution in [0.2, 0.25) is 0 Å². The molecule has 0 aliphatic carbocycles. The van der Waals surface area contributed by atoms with Crippen molar-refractivity contribution in [3.63, 3.8) is 0 Å². The molecule has 1 amide bonds. The van der Waals surface area contributed by atoms with Crippen LogP contribution in [0.1, 0.15) is 32.3 Å². The van der Waals surface area contributed by atoms with E-state index in [1.54, 1.807) is 0 Å². The van der Waals surface area contributed by atoms with Crippen molar-refractivity contribution in [2.75, 3.05) is 31.5 Å². The van der Waals surface area contributed by atoms with Gasteiger partial charge in [0.25, 0.3) is 0 Å². The Morgan fingerprint density at radius 3 is 2.33 bits per heavy atom. The molecule has 4 N–H and O–H groups in total. The van der Waals surface area contributed by atoms with Crippen LogP contribution in [0.5, 0.6) is 5.75 Å². The quantitative estimate of drug-likeness (QED) is 0.520. The molecule has 7 nitrogen and oxygen atoms in total. The number of ether oxygens (including phenoxy) is 1. The lowest BCUT2D eigenvalue weighted by atomic mass is 10.2. The van der Waals surface area contributed by atoms with Crippen molar-refractivity contribution in [2.45, 2.75) is 33.3 Å². The summed E-state index contributed by atoms with van der Waals surface area (Å²) in [6, 6.07) is 17.5. The smallest absolute Gasteiger partial charge is 0.303 e. The summed E-state index contributed by atoms with van der Waals surface area (Å²) in [6.07, 6.45) is 0.770. The molecule has 2 rings (SSSR count). The number of carbonyl (C=O) groups excluding carboxylic acids is 1. The van der Waals surface area contributed by atoms with E-state index < -0.39 is 5.97 Å². The molecule has 0 unspecified atom stereocenters. The normalized spacial score (nSPS) is 10.1. The lowest BCUT2D eigenvalue weighted by molar-refractivity contribution is -0.137. The Hall–Kier alpha value is -2.90. The second kappa shape index (κ2) is 15.0. The highest BCUT2D eigenvalue weighted by molar-refractivity contribution is 5.92. The highest BCUT2D eigenvalue weighted by atomic mass is 16.5. The molecule has 7 heteroatoms. The minimum Gasteiger partial charge on any atom is -0.489 e. The number of hydrogen-bond donors (Lipinski definition) is 3. The van der Waals surface area contributed by atoms with E-state index in [2.05, 4.69) is 24.1 Å². The van der Waals surface area contributed by atoms with Crippen molar-refractivity contribution >= 4 is 17.6 Å². The monoisotopic (exact) mass is 415 g/mol. The van der Waals surface area contributed by atoms with Crippen molar-refractivity contribution in [1.82, 2.24) is 4.90 Å². The summed E-state index contributed by atoms with van der Waals surface area (Å²) in [5.41, 5.74) is 6.88. The Bertz CT molecular complexity index is 749. The van der Waals surface area contributed by atoms with Gasteiger partial charge in [0.05, 0.1) is 6.54 Å². The lowest BCUT2D eigenvalue weighted by Crippen LogP contribution is -2.32. The molecule has 0 fully saturated rings. The molecule has 0 atom stereocenters. The van der Waals surface area contributed by atoms with Crippen LogP contribution in [-0.2, 0) is 16.2 Å². The number of aliphatic carboxylic acids is 1. The fourth-order valence-electron chi connectivity index (χ4n) is 2.51. The number of hydrogen-bond acceptors (Lipinski definition) is 5. The van der Waals surface area contributed by atoms with Crippen molar-refractivity contribution in [3.8, 4) is 5.75 Å². The Balaban J connectivity index is 0.000000553. The number of benzene rings is 2. The Morgan fingerprint density at radius 2 is 1.77 bits per heavy atom. The van der Waals surface area contributed by atoms with Gasteiger partial charge in [0.2, 0.25) is 5.91 Å². The first-order valence-corrected chi connectivity index (χ1v) is 10.2. The number of rotatable bonds is 11. The first-order chi connectivity index (χ1) is 14.5. The van der Waals surface area contributed by atoms with Crippen LogP contribution in [0.15, 0.2) is 54.6 Å². The molecular weight excluding hydrogens is 382 g/mol. The number of carboxylic acids is 1. The summed E-state index contributed by atoms with van der Waals surface area (Å²) in [5.74, 6) is -0.0335. The Labute approximate surface area is 178 Å². The van der Waals surface area contributed by atoms with Gasteiger partial charge < -0.3 is 20.9 Å². The topological polar surface area (TPSA) is 105 Å². The Morgan fingerprint density at radius 1 is 1.07 bits per heavy atom. The van der Waals surface area contributed by atoms with Crippen molar-refractivity contribution in [1.29, 1.82) is 0 Å². The number of likely N-dealkylation sites (N-methyl/N-ethyl adjacent to an activating group) is 1. The molecule has 164 valence electrons. The van der Waals surface area contributed by atoms with E-state index in [-0.39, 0.29) is 12.3 Å². The van der Waals surface area contributed by atoms with Gasteiger partial charge in [-0.3, -0.25) is 14.5 Å². The fraction of sp³-hybridized carbons (Fsp3) is 0.391. The van der Waals surface area contributed by atoms with E-state index in [9.17, 15) is 9.59 Å². The first kappa shape index (κ1) is 25.1. The molecule has 0 saturated heterocycles. The van der Waals surface area contributed by atoms with Gasteiger partial charge in [-0.05, 0) is 43.8 Å². The third kappa shape index (κ3) is 11.2. The predicted molar refractivity (Wildman–Crippen MR) is 120 cm³/mol. The largest absolute Gasteiger partial charge is 0.489 e. The molecule has 0 radical (unpaired) electrons. The zero-order valence-electron chi connectivity index (χ0n) is 17.8. The zero-order valence-corrected chi connectivity index (χ0v) is 17.8. The standard InChI is InChI=1S/C19H24N2O2.C4H9NO2/c1-3-21(4-2)14-19(22)20-17-11-8-12-18(13-17)23-15-16-9-6-5-7-10-16;5-3-1-2-4(6)7/h5-13H,3-4,14-15H2,1-2H3,(H,20,22);1-3,5H2,(H,6,7). The van der Waals surface area contributed by atoms with E-state index in [0.717, 1.165) is 30.1 Å². The average Bonchev–Trinajstić information content (AvgIpc) is 2.76. The summed E-state index contributed by atoms with van der Waals surface area (Å²) in [5, 5.41) is 10.9. The van der Waals surface area contributed by atoms with Gasteiger partial charge in [0.15, 0.2) is 0 Å². The summed E-state index contributed by atoms with van der Waals surface area (Å²) in [6.45, 7) is 7.21. The fourth-order valence-corrected chi connectivity index (χ4v) is 2.51. The van der Waals surface area contributed by atoms with Gasteiger partial charge in [-0.1, -0.05) is 50.2 Å². The van der Waals surface area contributed by atoms with Crippen LogP contribution in [0, 0.1) is 0 Å². The highest BCUT2D eigenvalue weighted by Gasteiger charge is 2.08. The van der Waals surface area contributed by atoms with Gasteiger partial charge in [-0.25, -0.2) is 0 Å². The van der Waals surface area contributed by atoms with Crippen molar-refractivity contribution < 1.29 is 19.4 Å². The van der Waals surface area contributed by atoms with Gasteiger partial charge in [0, 0.05) is 18.2 Å². The molecular formula is C23H33N3O4. The third-order valence-corrected chi connectivity index (χ3v) is 4.22. The van der Waals surface area contributed by atoms with Gasteiger partial charge >= 0.3 is 5.97 Å². The molecule has 0 aliphatic rings. The van der Waals surface area contributed by atoms with Crippen molar-refractivity contribution in [3.05, 3.63) is 60.2 Å². The first-order valence-electron chi connectivity index (χ1n) is 10.2. The van der Waals surface area contributed by atoms with Crippen LogP contribution in [0.4, 0.5) is 5.69 Å². The lowest BCUT2D eigenvalue weighted by Gasteiger charge is -2.17. The van der Waals surface area contributed by atoms with E-state index in [4.69, 9.17) is 15.6 Å². The van der Waals surface area contributed by atoms with Crippen LogP contribution >= 0.6 is 0 Å². The maximum absolute atomic E-state index is 12.0. The van der Waals surface area contributed by atoms with Gasteiger partial charge in [0.1, 0.15) is 12.4 Å². The number of carbonyl (C=O) groups is 2. The predicted octanol–water partition coefficient (Wildman–Crippen LogP) is 3.36. The summed E-state index contributed by atoms with van der Waals surface area (Å²) < 4.78 is 5.78. The average molecular weight is 416 g/mol. The molecule has 0 saturated carbocycles. The number of carboxylic acid groups (broad SMARTS) is 1. The second-order valence-corrected chi connectivity index (χ2v) is 6.60. The minimum absolute atomic E-state index is 0.00564. The van der Waals surface area contributed by atoms with E-state index >= 15 is 0 Å². The molecule has 0 aliphatic heterocycles. The molecule has 0 aromatic heterocycles. The summed E-state index contributed by atoms with van der Waals surface area (Å²) >= 11 is 0. The SMILES string of the molecule is CCN(CC)CC(=O)Nc1cccc(OCc2ccccc2)c1.NCCCC(=O)O. The van der Waals surface area contributed by atoms with E-state index in [1.165, 1.54) is 0 Å². The number of amides is 1. The number of nitrogens with zero attached hydrogens (tertiary/aromatic N) is 1. The molecule has 2 aromatic rings. The summed E-state index contributed by atoms with van der Waals surface area (Å²) in [7, 11) is 0. The molecule has 30 heavy (non-hydrogen) atoms. The molecule has 0 bridgehead atoms. The molecule has 2 aromatic carbocycles. The highest BCUT2D eigenvalue weighted by Crippen LogP contribution is 2.18. The molecule has 0 heterocycles. The maximum atomic E-state index is 12.0. The van der Waals surface area contributed by atoms with E-state index in [1.807, 2.05) is 54.6 Å². The summed E-state index contributed by atoms with van der Waals surface area (Å²) in [4.78, 5) is 23.8. The maximum Gasteiger partial charge on any atom is 0.303 e. The van der Waals surface area contributed by atoms with Gasteiger partial charge in [-0.15, -0.1) is 0 Å². The number of nitrogens with one attached hydrogen (secondary N) is 1. The minimum atomic E-state index is -0.773. The third-order valence-electron chi connectivity index (χ3n) is 4.22. The van der Waals surface area contributed by atoms with Crippen LogP contribution < -0.4 is 15.8 Å². The Kier molecular flexibility index (Phi) is 12.6. The number of nitrogens with two attached hydrogens (primary N) is 1. The van der Waals surface area contributed by atoms with Gasteiger partial charge in [-0.2, -0.15) is 0 Å². The van der Waals surface area contributed by atoms with Crippen LogP contribution in [-0.4, -0.2) is 48.1 Å². The van der Waals surface area contributed by atoms with E-state index in [0.29, 0.717) is 26.1 Å². The van der Waals surface area contributed by atoms with Crippen LogP contribution in [0.25, 0.3) is 0 Å². The van der Waals surface area contributed by atoms with Crippen molar-refractivity contribution in [2.24, 2.45) is 5.73 Å². The zero-order chi connectivity index (χ0) is 22.2. The van der Waals surface area contributed by atoms with Crippen LogP contribution in [0.3, 0.4) is 0 Å². The molecule has 0 spiro atoms.